The van der Waals surface area contributed by atoms with Crippen LogP contribution in [0.1, 0.15) is 18.2 Å². The molecule has 0 radical (unpaired) electrons. The highest BCUT2D eigenvalue weighted by atomic mass is 32.2. The van der Waals surface area contributed by atoms with Gasteiger partial charge in [0.2, 0.25) is 5.91 Å². The summed E-state index contributed by atoms with van der Waals surface area (Å²) in [7, 11) is 0. The van der Waals surface area contributed by atoms with Gasteiger partial charge in [0.05, 0.1) is 17.1 Å². The molecule has 0 bridgehead atoms. The van der Waals surface area contributed by atoms with E-state index in [1.54, 1.807) is 17.1 Å². The Balaban J connectivity index is 1.46. The number of benzene rings is 1. The maximum absolute atomic E-state index is 12.7. The van der Waals surface area contributed by atoms with Crippen molar-refractivity contribution >= 4 is 23.5 Å². The first-order valence-electron chi connectivity index (χ1n) is 9.95. The Hall–Kier alpha value is -3.46. The number of hydrogen-bond donors (Lipinski definition) is 1. The van der Waals surface area contributed by atoms with Crippen LogP contribution in [0.2, 0.25) is 0 Å². The van der Waals surface area contributed by atoms with E-state index >= 15 is 0 Å². The Labute approximate surface area is 184 Å². The van der Waals surface area contributed by atoms with Crippen LogP contribution < -0.4 is 5.32 Å². The predicted octanol–water partition coefficient (Wildman–Crippen LogP) is 3.89. The monoisotopic (exact) mass is 433 g/mol. The van der Waals surface area contributed by atoms with Gasteiger partial charge in [-0.15, -0.1) is 10.2 Å². The number of pyridine rings is 1. The SMILES string of the molecule is CCn1c(SCC(=O)Nc2cc(C)nn2-c2ccc(C)cc2)nnc1-c1ccncc1. The van der Waals surface area contributed by atoms with Crippen molar-refractivity contribution in [1.82, 2.24) is 29.5 Å². The lowest BCUT2D eigenvalue weighted by atomic mass is 10.2. The third kappa shape index (κ3) is 4.66. The molecule has 4 rings (SSSR count). The summed E-state index contributed by atoms with van der Waals surface area (Å²) >= 11 is 1.36. The Bertz CT molecular complexity index is 1180. The van der Waals surface area contributed by atoms with E-state index in [1.807, 2.05) is 67.8 Å². The average Bonchev–Trinajstić information content (AvgIpc) is 3.36. The fraction of sp³-hybridized carbons (Fsp3) is 0.227. The molecule has 1 N–H and O–H groups in total. The normalized spacial score (nSPS) is 10.9. The standard InChI is InChI=1S/C22H23N7OS/c1-4-28-21(17-9-11-23-12-10-17)25-26-22(28)31-14-20(30)24-19-13-16(3)27-29(19)18-7-5-15(2)6-8-18/h5-13H,4,14H2,1-3H3,(H,24,30). The number of anilines is 1. The van der Waals surface area contributed by atoms with Gasteiger partial charge < -0.3 is 9.88 Å². The molecule has 0 aliphatic rings. The number of nitrogens with one attached hydrogen (secondary N) is 1. The number of rotatable bonds is 7. The zero-order valence-electron chi connectivity index (χ0n) is 17.6. The number of carbonyl (C=O) groups excluding carboxylic acids is 1. The summed E-state index contributed by atoms with van der Waals surface area (Å²) in [5.74, 6) is 1.49. The zero-order chi connectivity index (χ0) is 21.8. The number of carbonyl (C=O) groups is 1. The van der Waals surface area contributed by atoms with Crippen LogP contribution in [-0.2, 0) is 11.3 Å². The third-order valence-electron chi connectivity index (χ3n) is 4.68. The van der Waals surface area contributed by atoms with Crippen molar-refractivity contribution in [2.24, 2.45) is 0 Å². The van der Waals surface area contributed by atoms with E-state index in [4.69, 9.17) is 0 Å². The fourth-order valence-corrected chi connectivity index (χ4v) is 3.98. The van der Waals surface area contributed by atoms with Gasteiger partial charge in [-0.3, -0.25) is 9.78 Å². The Morgan fingerprint density at radius 2 is 1.81 bits per heavy atom. The van der Waals surface area contributed by atoms with E-state index < -0.39 is 0 Å². The summed E-state index contributed by atoms with van der Waals surface area (Å²) in [5.41, 5.74) is 3.84. The molecule has 3 heterocycles. The van der Waals surface area contributed by atoms with Crippen molar-refractivity contribution in [2.45, 2.75) is 32.5 Å². The second-order valence-corrected chi connectivity index (χ2v) is 7.98. The lowest BCUT2D eigenvalue weighted by Crippen LogP contribution is -2.17. The molecular weight excluding hydrogens is 410 g/mol. The molecule has 0 saturated carbocycles. The van der Waals surface area contributed by atoms with Gasteiger partial charge in [0.15, 0.2) is 11.0 Å². The van der Waals surface area contributed by atoms with Crippen LogP contribution in [0.15, 0.2) is 60.0 Å². The highest BCUT2D eigenvalue weighted by Crippen LogP contribution is 2.24. The molecule has 0 aliphatic heterocycles. The van der Waals surface area contributed by atoms with Crippen LogP contribution >= 0.6 is 11.8 Å². The smallest absolute Gasteiger partial charge is 0.236 e. The van der Waals surface area contributed by atoms with E-state index in [2.05, 4.69) is 25.6 Å². The van der Waals surface area contributed by atoms with E-state index in [9.17, 15) is 4.79 Å². The molecule has 0 unspecified atom stereocenters. The van der Waals surface area contributed by atoms with Gasteiger partial charge in [0.25, 0.3) is 0 Å². The lowest BCUT2D eigenvalue weighted by molar-refractivity contribution is -0.113. The van der Waals surface area contributed by atoms with E-state index in [-0.39, 0.29) is 11.7 Å². The molecule has 158 valence electrons. The summed E-state index contributed by atoms with van der Waals surface area (Å²) < 4.78 is 3.74. The van der Waals surface area contributed by atoms with Crippen molar-refractivity contribution < 1.29 is 4.79 Å². The summed E-state index contributed by atoms with van der Waals surface area (Å²) in [6.45, 7) is 6.67. The number of hydrogen-bond acceptors (Lipinski definition) is 6. The van der Waals surface area contributed by atoms with Crippen LogP contribution in [0, 0.1) is 13.8 Å². The van der Waals surface area contributed by atoms with Gasteiger partial charge in [-0.1, -0.05) is 29.5 Å². The van der Waals surface area contributed by atoms with Crippen LogP contribution in [0.4, 0.5) is 5.82 Å². The minimum Gasteiger partial charge on any atom is -0.310 e. The highest BCUT2D eigenvalue weighted by molar-refractivity contribution is 7.99. The fourth-order valence-electron chi connectivity index (χ4n) is 3.18. The van der Waals surface area contributed by atoms with Gasteiger partial charge in [-0.05, 0) is 45.0 Å². The molecule has 0 saturated heterocycles. The topological polar surface area (TPSA) is 90.5 Å². The number of aryl methyl sites for hydroxylation is 2. The van der Waals surface area contributed by atoms with Crippen LogP contribution in [0.5, 0.6) is 0 Å². The second-order valence-electron chi connectivity index (χ2n) is 7.04. The molecule has 0 atom stereocenters. The van der Waals surface area contributed by atoms with Crippen molar-refractivity contribution in [3.8, 4) is 17.1 Å². The van der Waals surface area contributed by atoms with E-state index in [0.717, 1.165) is 22.8 Å². The van der Waals surface area contributed by atoms with Gasteiger partial charge in [-0.2, -0.15) is 5.10 Å². The molecule has 1 amide bonds. The minimum atomic E-state index is -0.130. The quantitative estimate of drug-likeness (QED) is 0.445. The summed E-state index contributed by atoms with van der Waals surface area (Å²) in [6.07, 6.45) is 3.45. The summed E-state index contributed by atoms with van der Waals surface area (Å²) in [5, 5.41) is 16.8. The maximum atomic E-state index is 12.7. The van der Waals surface area contributed by atoms with E-state index in [0.29, 0.717) is 17.5 Å². The molecule has 0 aliphatic carbocycles. The van der Waals surface area contributed by atoms with Crippen LogP contribution in [0.3, 0.4) is 0 Å². The van der Waals surface area contributed by atoms with Gasteiger partial charge in [-0.25, -0.2) is 4.68 Å². The van der Waals surface area contributed by atoms with Crippen molar-refractivity contribution in [2.75, 3.05) is 11.1 Å². The minimum absolute atomic E-state index is 0.130. The first kappa shape index (κ1) is 20.8. The van der Waals surface area contributed by atoms with Crippen LogP contribution in [-0.4, -0.2) is 41.2 Å². The molecule has 31 heavy (non-hydrogen) atoms. The number of thioether (sulfide) groups is 1. The first-order valence-corrected chi connectivity index (χ1v) is 10.9. The van der Waals surface area contributed by atoms with Crippen molar-refractivity contribution in [3.63, 3.8) is 0 Å². The Morgan fingerprint density at radius 1 is 1.06 bits per heavy atom. The molecule has 4 aromatic rings. The third-order valence-corrected chi connectivity index (χ3v) is 5.65. The van der Waals surface area contributed by atoms with Crippen molar-refractivity contribution in [1.29, 1.82) is 0 Å². The molecule has 3 aromatic heterocycles. The van der Waals surface area contributed by atoms with Gasteiger partial charge in [0.1, 0.15) is 5.82 Å². The number of nitrogens with zero attached hydrogens (tertiary/aromatic N) is 6. The molecule has 8 nitrogen and oxygen atoms in total. The molecule has 9 heteroatoms. The highest BCUT2D eigenvalue weighted by Gasteiger charge is 2.16. The predicted molar refractivity (Wildman–Crippen MR) is 121 cm³/mol. The largest absolute Gasteiger partial charge is 0.310 e. The average molecular weight is 434 g/mol. The maximum Gasteiger partial charge on any atom is 0.236 e. The van der Waals surface area contributed by atoms with Crippen molar-refractivity contribution in [3.05, 3.63) is 66.1 Å². The lowest BCUT2D eigenvalue weighted by Gasteiger charge is -2.10. The molecular formula is C22H23N7OS. The first-order chi connectivity index (χ1) is 15.0. The second kappa shape index (κ2) is 9.13. The molecule has 1 aromatic carbocycles. The van der Waals surface area contributed by atoms with Gasteiger partial charge >= 0.3 is 0 Å². The number of amides is 1. The number of aromatic nitrogens is 6. The van der Waals surface area contributed by atoms with E-state index in [1.165, 1.54) is 17.3 Å². The summed E-state index contributed by atoms with van der Waals surface area (Å²) in [4.78, 5) is 16.7. The Kier molecular flexibility index (Phi) is 6.13. The van der Waals surface area contributed by atoms with Crippen LogP contribution in [0.25, 0.3) is 17.1 Å². The Morgan fingerprint density at radius 3 is 2.52 bits per heavy atom. The summed E-state index contributed by atoms with van der Waals surface area (Å²) in [6, 6.07) is 13.7. The zero-order valence-corrected chi connectivity index (χ0v) is 18.4. The molecule has 0 spiro atoms. The molecule has 0 fully saturated rings. The van der Waals surface area contributed by atoms with Gasteiger partial charge in [0, 0.05) is 30.6 Å².